The van der Waals surface area contributed by atoms with E-state index in [0.29, 0.717) is 23.9 Å². The molecule has 0 atom stereocenters. The van der Waals surface area contributed by atoms with Gasteiger partial charge >= 0.3 is 0 Å². The number of nitriles is 1. The summed E-state index contributed by atoms with van der Waals surface area (Å²) in [5.41, 5.74) is 2.57. The van der Waals surface area contributed by atoms with Crippen LogP contribution in [0.4, 0.5) is 5.95 Å². The van der Waals surface area contributed by atoms with Crippen molar-refractivity contribution in [1.29, 1.82) is 5.26 Å². The fraction of sp³-hybridized carbons (Fsp3) is 0.0667. The van der Waals surface area contributed by atoms with Crippen molar-refractivity contribution in [2.75, 3.05) is 5.32 Å². The molecule has 0 saturated carbocycles. The van der Waals surface area contributed by atoms with Crippen molar-refractivity contribution in [1.82, 2.24) is 20.2 Å². The van der Waals surface area contributed by atoms with Crippen LogP contribution in [0.25, 0.3) is 11.4 Å². The van der Waals surface area contributed by atoms with E-state index in [1.165, 1.54) is 0 Å². The highest BCUT2D eigenvalue weighted by Crippen LogP contribution is 2.14. The summed E-state index contributed by atoms with van der Waals surface area (Å²) in [6.45, 7) is 0.605. The Kier molecular flexibility index (Phi) is 3.56. The molecule has 3 aromatic rings. The van der Waals surface area contributed by atoms with Gasteiger partial charge in [0.15, 0.2) is 5.82 Å². The first kappa shape index (κ1) is 12.8. The number of hydrogen-bond acceptors (Lipinski definition) is 5. The van der Waals surface area contributed by atoms with E-state index in [0.717, 1.165) is 11.1 Å². The maximum absolute atomic E-state index is 8.75. The Bertz CT molecular complexity index is 755. The fourth-order valence-corrected chi connectivity index (χ4v) is 1.85. The highest BCUT2D eigenvalue weighted by Gasteiger charge is 2.05. The highest BCUT2D eigenvalue weighted by molar-refractivity contribution is 5.54. The molecule has 0 spiro atoms. The van der Waals surface area contributed by atoms with Gasteiger partial charge in [0, 0.05) is 24.5 Å². The van der Waals surface area contributed by atoms with E-state index in [-0.39, 0.29) is 0 Å². The van der Waals surface area contributed by atoms with Crippen LogP contribution in [-0.4, -0.2) is 20.2 Å². The monoisotopic (exact) mass is 276 g/mol. The molecule has 0 saturated heterocycles. The van der Waals surface area contributed by atoms with Crippen LogP contribution < -0.4 is 5.32 Å². The molecule has 0 amide bonds. The van der Waals surface area contributed by atoms with Gasteiger partial charge in [-0.15, -0.1) is 0 Å². The minimum absolute atomic E-state index is 0.596. The van der Waals surface area contributed by atoms with Crippen molar-refractivity contribution in [3.8, 4) is 17.5 Å². The average molecular weight is 276 g/mol. The fourth-order valence-electron chi connectivity index (χ4n) is 1.85. The Labute approximate surface area is 121 Å². The average Bonchev–Trinajstić information content (AvgIpc) is 3.03. The summed E-state index contributed by atoms with van der Waals surface area (Å²) in [5.74, 6) is 1.20. The SMILES string of the molecule is N#Cc1ccc(CNc2nc(-c3cccnc3)n[nH]2)cc1. The molecule has 0 radical (unpaired) electrons. The lowest BCUT2D eigenvalue weighted by molar-refractivity contribution is 1.04. The Morgan fingerprint density at radius 3 is 2.76 bits per heavy atom. The summed E-state index contributed by atoms with van der Waals surface area (Å²) in [7, 11) is 0. The molecule has 0 aliphatic carbocycles. The lowest BCUT2D eigenvalue weighted by atomic mass is 10.1. The van der Waals surface area contributed by atoms with Crippen LogP contribution in [-0.2, 0) is 6.54 Å². The third-order valence-corrected chi connectivity index (χ3v) is 2.95. The van der Waals surface area contributed by atoms with E-state index in [1.807, 2.05) is 24.3 Å². The zero-order chi connectivity index (χ0) is 14.5. The van der Waals surface area contributed by atoms with E-state index in [1.54, 1.807) is 24.5 Å². The van der Waals surface area contributed by atoms with Gasteiger partial charge in [-0.2, -0.15) is 15.3 Å². The first-order valence-electron chi connectivity index (χ1n) is 6.41. The lowest BCUT2D eigenvalue weighted by Gasteiger charge is -2.02. The van der Waals surface area contributed by atoms with E-state index < -0.39 is 0 Å². The van der Waals surface area contributed by atoms with E-state index in [9.17, 15) is 0 Å². The van der Waals surface area contributed by atoms with E-state index >= 15 is 0 Å². The van der Waals surface area contributed by atoms with E-state index in [2.05, 4.69) is 31.6 Å². The molecule has 21 heavy (non-hydrogen) atoms. The molecule has 0 aliphatic heterocycles. The van der Waals surface area contributed by atoms with Crippen molar-refractivity contribution < 1.29 is 0 Å². The molecule has 0 aliphatic rings. The number of rotatable bonds is 4. The summed E-state index contributed by atoms with van der Waals surface area (Å²) in [5, 5.41) is 18.9. The molecule has 102 valence electrons. The molecule has 6 nitrogen and oxygen atoms in total. The van der Waals surface area contributed by atoms with Crippen molar-refractivity contribution in [3.63, 3.8) is 0 Å². The highest BCUT2D eigenvalue weighted by atomic mass is 15.3. The predicted molar refractivity (Wildman–Crippen MR) is 78.1 cm³/mol. The molecule has 3 rings (SSSR count). The Hall–Kier alpha value is -3.20. The van der Waals surface area contributed by atoms with Crippen LogP contribution >= 0.6 is 0 Å². The maximum atomic E-state index is 8.75. The standard InChI is InChI=1S/C15H12N6/c16-8-11-3-5-12(6-4-11)9-18-15-19-14(20-21-15)13-2-1-7-17-10-13/h1-7,10H,9H2,(H2,18,19,20,21). The summed E-state index contributed by atoms with van der Waals surface area (Å²) >= 11 is 0. The topological polar surface area (TPSA) is 90.3 Å². The number of H-pyrrole nitrogens is 1. The van der Waals surface area contributed by atoms with Crippen LogP contribution in [0.15, 0.2) is 48.8 Å². The second-order valence-electron chi connectivity index (χ2n) is 4.41. The van der Waals surface area contributed by atoms with Gasteiger partial charge in [-0.05, 0) is 29.8 Å². The minimum Gasteiger partial charge on any atom is -0.351 e. The zero-order valence-electron chi connectivity index (χ0n) is 11.1. The third-order valence-electron chi connectivity index (χ3n) is 2.95. The molecular formula is C15H12N6. The number of benzene rings is 1. The molecular weight excluding hydrogens is 264 g/mol. The van der Waals surface area contributed by atoms with Gasteiger partial charge in [0.05, 0.1) is 11.6 Å². The number of anilines is 1. The van der Waals surface area contributed by atoms with Gasteiger partial charge in [-0.3, -0.25) is 4.98 Å². The van der Waals surface area contributed by atoms with Gasteiger partial charge in [-0.25, -0.2) is 5.10 Å². The largest absolute Gasteiger partial charge is 0.351 e. The molecule has 1 aromatic carbocycles. The quantitative estimate of drug-likeness (QED) is 0.763. The van der Waals surface area contributed by atoms with Gasteiger partial charge < -0.3 is 5.32 Å². The molecule has 2 N–H and O–H groups in total. The van der Waals surface area contributed by atoms with Gasteiger partial charge in [0.1, 0.15) is 0 Å². The molecule has 2 heterocycles. The predicted octanol–water partition coefficient (Wildman–Crippen LogP) is 2.35. The van der Waals surface area contributed by atoms with Gasteiger partial charge in [0.25, 0.3) is 0 Å². The number of hydrogen-bond donors (Lipinski definition) is 2. The summed E-state index contributed by atoms with van der Waals surface area (Å²) in [6, 6.07) is 13.2. The smallest absolute Gasteiger partial charge is 0.219 e. The molecule has 2 aromatic heterocycles. The second kappa shape index (κ2) is 5.84. The van der Waals surface area contributed by atoms with Crippen LogP contribution in [0.1, 0.15) is 11.1 Å². The summed E-state index contributed by atoms with van der Waals surface area (Å²) in [6.07, 6.45) is 3.42. The van der Waals surface area contributed by atoms with Crippen LogP contribution in [0.5, 0.6) is 0 Å². The first-order valence-corrected chi connectivity index (χ1v) is 6.41. The number of pyridine rings is 1. The summed E-state index contributed by atoms with van der Waals surface area (Å²) in [4.78, 5) is 8.40. The number of nitrogens with zero attached hydrogens (tertiary/aromatic N) is 4. The third kappa shape index (κ3) is 3.04. The van der Waals surface area contributed by atoms with Crippen LogP contribution in [0.2, 0.25) is 0 Å². The number of aromatic nitrogens is 4. The van der Waals surface area contributed by atoms with Crippen LogP contribution in [0.3, 0.4) is 0 Å². The number of nitrogens with one attached hydrogen (secondary N) is 2. The normalized spacial score (nSPS) is 10.0. The molecule has 0 unspecified atom stereocenters. The van der Waals surface area contributed by atoms with Crippen molar-refractivity contribution in [2.24, 2.45) is 0 Å². The molecule has 6 heteroatoms. The molecule has 0 bridgehead atoms. The van der Waals surface area contributed by atoms with Crippen molar-refractivity contribution in [3.05, 3.63) is 59.9 Å². The Morgan fingerprint density at radius 1 is 1.19 bits per heavy atom. The maximum Gasteiger partial charge on any atom is 0.219 e. The van der Waals surface area contributed by atoms with Crippen molar-refractivity contribution in [2.45, 2.75) is 6.54 Å². The second-order valence-corrected chi connectivity index (χ2v) is 4.41. The summed E-state index contributed by atoms with van der Waals surface area (Å²) < 4.78 is 0. The van der Waals surface area contributed by atoms with Crippen molar-refractivity contribution >= 4 is 5.95 Å². The van der Waals surface area contributed by atoms with Crippen LogP contribution in [0, 0.1) is 11.3 Å². The minimum atomic E-state index is 0.596. The van der Waals surface area contributed by atoms with Gasteiger partial charge in [-0.1, -0.05) is 12.1 Å². The number of aromatic amines is 1. The Balaban J connectivity index is 1.66. The Morgan fingerprint density at radius 2 is 2.05 bits per heavy atom. The zero-order valence-corrected chi connectivity index (χ0v) is 11.1. The van der Waals surface area contributed by atoms with Gasteiger partial charge in [0.2, 0.25) is 5.95 Å². The first-order chi connectivity index (χ1) is 10.3. The van der Waals surface area contributed by atoms with E-state index in [4.69, 9.17) is 5.26 Å². The lowest BCUT2D eigenvalue weighted by Crippen LogP contribution is -2.00. The molecule has 0 fully saturated rings.